The van der Waals surface area contributed by atoms with Crippen LogP contribution in [0.4, 0.5) is 0 Å². The van der Waals surface area contributed by atoms with Crippen molar-refractivity contribution < 1.29 is 0 Å². The first kappa shape index (κ1) is 15.6. The smallest absolute Gasteiger partial charge is 0.214 e. The maximum absolute atomic E-state index is 9.04. The number of thioether (sulfide) groups is 1. The van der Waals surface area contributed by atoms with Crippen LogP contribution < -0.4 is 5.84 Å². The molecule has 3 rings (SSSR count). The van der Waals surface area contributed by atoms with Gasteiger partial charge in [0.05, 0.1) is 6.07 Å². The zero-order chi connectivity index (χ0) is 16.1. The number of allylic oxidation sites excluding steroid dienone is 1. The molecule has 0 spiro atoms. The van der Waals surface area contributed by atoms with E-state index in [-0.39, 0.29) is 0 Å². The normalized spacial score (nSPS) is 16.2. The summed E-state index contributed by atoms with van der Waals surface area (Å²) in [5.41, 5.74) is 0.973. The van der Waals surface area contributed by atoms with Crippen molar-refractivity contribution in [3.63, 3.8) is 0 Å². The van der Waals surface area contributed by atoms with Crippen LogP contribution in [0.15, 0.2) is 41.6 Å². The summed E-state index contributed by atoms with van der Waals surface area (Å²) in [6.45, 7) is 0. The van der Waals surface area contributed by atoms with Gasteiger partial charge in [-0.2, -0.15) is 5.26 Å². The van der Waals surface area contributed by atoms with Gasteiger partial charge in [0, 0.05) is 16.9 Å². The highest BCUT2D eigenvalue weighted by Gasteiger charge is 2.23. The van der Waals surface area contributed by atoms with Crippen molar-refractivity contribution in [3.05, 3.63) is 47.8 Å². The summed E-state index contributed by atoms with van der Waals surface area (Å²) in [6, 6.07) is 11.9. The Bertz CT molecular complexity index is 723. The van der Waals surface area contributed by atoms with Crippen LogP contribution in [0, 0.1) is 11.3 Å². The first-order chi connectivity index (χ1) is 11.3. The Labute approximate surface area is 140 Å². The van der Waals surface area contributed by atoms with Crippen LogP contribution in [0.3, 0.4) is 0 Å². The molecule has 2 aromatic rings. The van der Waals surface area contributed by atoms with E-state index in [1.807, 2.05) is 30.3 Å². The van der Waals surface area contributed by atoms with Gasteiger partial charge < -0.3 is 5.84 Å². The molecule has 1 aromatic carbocycles. The van der Waals surface area contributed by atoms with Crippen molar-refractivity contribution in [2.45, 2.75) is 43.2 Å². The van der Waals surface area contributed by atoms with Crippen LogP contribution in [0.1, 0.15) is 49.4 Å². The minimum Gasteiger partial charge on any atom is -0.336 e. The van der Waals surface area contributed by atoms with Gasteiger partial charge in [-0.1, -0.05) is 49.6 Å². The molecule has 0 saturated heterocycles. The van der Waals surface area contributed by atoms with Crippen molar-refractivity contribution in [2.24, 2.45) is 0 Å². The second-order valence-corrected chi connectivity index (χ2v) is 6.66. The number of nitrogens with two attached hydrogens (primary N) is 1. The monoisotopic (exact) mass is 325 g/mol. The Morgan fingerprint density at radius 3 is 2.65 bits per heavy atom. The number of hydrogen-bond acceptors (Lipinski definition) is 5. The molecule has 6 heteroatoms. The van der Waals surface area contributed by atoms with E-state index in [9.17, 15) is 0 Å². The minimum atomic E-state index is 0.399. The van der Waals surface area contributed by atoms with Gasteiger partial charge in [-0.05, 0) is 30.2 Å². The van der Waals surface area contributed by atoms with Crippen molar-refractivity contribution >= 4 is 16.7 Å². The number of aromatic nitrogens is 3. The average molecular weight is 325 g/mol. The van der Waals surface area contributed by atoms with E-state index in [1.54, 1.807) is 4.68 Å². The first-order valence-corrected chi connectivity index (χ1v) is 8.64. The third-order valence-electron chi connectivity index (χ3n) is 4.12. The van der Waals surface area contributed by atoms with Gasteiger partial charge in [0.25, 0.3) is 0 Å². The van der Waals surface area contributed by atoms with E-state index < -0.39 is 0 Å². The van der Waals surface area contributed by atoms with Crippen LogP contribution in [0.25, 0.3) is 4.91 Å². The van der Waals surface area contributed by atoms with Gasteiger partial charge in [-0.25, -0.2) is 4.68 Å². The maximum atomic E-state index is 9.04. The van der Waals surface area contributed by atoms with E-state index in [4.69, 9.17) is 11.1 Å². The highest BCUT2D eigenvalue weighted by molar-refractivity contribution is 8.08. The molecule has 0 radical (unpaired) electrons. The fourth-order valence-electron chi connectivity index (χ4n) is 2.93. The Kier molecular flexibility index (Phi) is 4.99. The van der Waals surface area contributed by atoms with E-state index in [0.29, 0.717) is 11.1 Å². The molecule has 0 amide bonds. The van der Waals surface area contributed by atoms with Crippen LogP contribution >= 0.6 is 11.8 Å². The van der Waals surface area contributed by atoms with Crippen LogP contribution in [-0.4, -0.2) is 14.9 Å². The molecule has 1 fully saturated rings. The molecule has 0 aliphatic heterocycles. The molecule has 0 atom stereocenters. The summed E-state index contributed by atoms with van der Waals surface area (Å²) in [5.74, 6) is 7.47. The molecule has 1 saturated carbocycles. The molecular formula is C17H19N5S. The van der Waals surface area contributed by atoms with Gasteiger partial charge in [0.2, 0.25) is 5.16 Å². The molecule has 1 aromatic heterocycles. The summed E-state index contributed by atoms with van der Waals surface area (Å²) >= 11 is 1.38. The van der Waals surface area contributed by atoms with Crippen LogP contribution in [0.5, 0.6) is 0 Å². The van der Waals surface area contributed by atoms with Crippen molar-refractivity contribution in [1.29, 1.82) is 5.26 Å². The third kappa shape index (κ3) is 3.57. The number of rotatable bonds is 4. The van der Waals surface area contributed by atoms with E-state index in [0.717, 1.165) is 29.1 Å². The van der Waals surface area contributed by atoms with Crippen LogP contribution in [-0.2, 0) is 0 Å². The largest absolute Gasteiger partial charge is 0.336 e. The summed E-state index contributed by atoms with van der Waals surface area (Å²) in [7, 11) is 0. The summed E-state index contributed by atoms with van der Waals surface area (Å²) in [4.78, 5) is 0.822. The highest BCUT2D eigenvalue weighted by Crippen LogP contribution is 2.36. The lowest BCUT2D eigenvalue weighted by molar-refractivity contribution is 0.421. The van der Waals surface area contributed by atoms with Crippen molar-refractivity contribution in [1.82, 2.24) is 14.9 Å². The van der Waals surface area contributed by atoms with Gasteiger partial charge in [0.15, 0.2) is 5.82 Å². The second-order valence-electron chi connectivity index (χ2n) is 5.65. The minimum absolute atomic E-state index is 0.399. The Morgan fingerprint density at radius 2 is 1.96 bits per heavy atom. The molecule has 0 bridgehead atoms. The number of hydrogen-bond donors (Lipinski definition) is 1. The van der Waals surface area contributed by atoms with E-state index in [2.05, 4.69) is 16.3 Å². The molecular weight excluding hydrogens is 306 g/mol. The number of nitrogen functional groups attached to an aromatic ring is 1. The predicted molar refractivity (Wildman–Crippen MR) is 91.9 cm³/mol. The quantitative estimate of drug-likeness (QED) is 0.527. The van der Waals surface area contributed by atoms with Crippen molar-refractivity contribution in [3.8, 4) is 6.07 Å². The van der Waals surface area contributed by atoms with Gasteiger partial charge >= 0.3 is 0 Å². The molecule has 5 nitrogen and oxygen atoms in total. The third-order valence-corrected chi connectivity index (χ3v) is 5.15. The average Bonchev–Trinajstić information content (AvgIpc) is 2.97. The zero-order valence-electron chi connectivity index (χ0n) is 12.9. The zero-order valence-corrected chi connectivity index (χ0v) is 13.7. The summed E-state index contributed by atoms with van der Waals surface area (Å²) in [5, 5.41) is 18.2. The molecule has 23 heavy (non-hydrogen) atoms. The first-order valence-electron chi connectivity index (χ1n) is 7.83. The Hall–Kier alpha value is -2.26. The topological polar surface area (TPSA) is 80.5 Å². The van der Waals surface area contributed by atoms with Crippen molar-refractivity contribution in [2.75, 3.05) is 5.84 Å². The Balaban J connectivity index is 1.83. The predicted octanol–water partition coefficient (Wildman–Crippen LogP) is 3.70. The molecule has 0 unspecified atom stereocenters. The molecule has 2 N–H and O–H groups in total. The SMILES string of the molecule is N#CC=C(Sc1nnc(C2CCCCC2)n1N)c1ccccc1. The number of benzene rings is 1. The lowest BCUT2D eigenvalue weighted by Gasteiger charge is -2.20. The fourth-order valence-corrected chi connectivity index (χ4v) is 3.76. The fraction of sp³-hybridized carbons (Fsp3) is 0.353. The lowest BCUT2D eigenvalue weighted by Crippen LogP contribution is -2.18. The number of nitriles is 1. The standard InChI is InChI=1S/C17H19N5S/c18-12-11-15(13-7-3-1-4-8-13)23-17-21-20-16(22(17)19)14-9-5-2-6-10-14/h1,3-4,7-8,11,14H,2,5-6,9-10,19H2. The maximum Gasteiger partial charge on any atom is 0.214 e. The Morgan fingerprint density at radius 1 is 1.22 bits per heavy atom. The lowest BCUT2D eigenvalue weighted by atomic mass is 9.89. The van der Waals surface area contributed by atoms with Gasteiger partial charge in [-0.3, -0.25) is 0 Å². The van der Waals surface area contributed by atoms with Crippen LogP contribution in [0.2, 0.25) is 0 Å². The molecule has 118 valence electrons. The number of nitrogens with zero attached hydrogens (tertiary/aromatic N) is 4. The van der Waals surface area contributed by atoms with E-state index in [1.165, 1.54) is 37.1 Å². The molecule has 1 aliphatic carbocycles. The molecule has 1 heterocycles. The highest BCUT2D eigenvalue weighted by atomic mass is 32.2. The van der Waals surface area contributed by atoms with Gasteiger partial charge in [0.1, 0.15) is 0 Å². The van der Waals surface area contributed by atoms with E-state index >= 15 is 0 Å². The van der Waals surface area contributed by atoms with Gasteiger partial charge in [-0.15, -0.1) is 10.2 Å². The molecule has 1 aliphatic rings. The second kappa shape index (κ2) is 7.34. The summed E-state index contributed by atoms with van der Waals surface area (Å²) < 4.78 is 1.59. The summed E-state index contributed by atoms with van der Waals surface area (Å²) in [6.07, 6.45) is 7.52.